The molecule has 0 saturated carbocycles. The number of carbonyl (C=O) groups is 5. The van der Waals surface area contributed by atoms with E-state index in [-0.39, 0.29) is 39.6 Å². The van der Waals surface area contributed by atoms with Crippen LogP contribution in [0.15, 0.2) is 72.8 Å². The first-order chi connectivity index (χ1) is 29.1. The van der Waals surface area contributed by atoms with E-state index in [4.69, 9.17) is 30.4 Å². The molecular weight excluding hydrogens is 849 g/mol. The molecule has 0 fully saturated rings. The summed E-state index contributed by atoms with van der Waals surface area (Å²) in [4.78, 5) is 60.3. The molecule has 6 rings (SSSR count). The third-order valence-corrected chi connectivity index (χ3v) is 10.9. The van der Waals surface area contributed by atoms with Crippen LogP contribution >= 0.6 is 0 Å². The number of amides is 3. The highest BCUT2D eigenvalue weighted by Crippen LogP contribution is 2.38. The lowest BCUT2D eigenvalue weighted by molar-refractivity contribution is -0.114. The van der Waals surface area contributed by atoms with Gasteiger partial charge in [-0.1, -0.05) is 24.3 Å². The number of nitrogens with two attached hydrogens (primary N) is 2. The molecule has 4 aromatic carbocycles. The van der Waals surface area contributed by atoms with Crippen molar-refractivity contribution >= 4 is 60.7 Å². The molecule has 2 aliphatic rings. The van der Waals surface area contributed by atoms with Gasteiger partial charge in [0.25, 0.3) is 11.8 Å². The third-order valence-electron chi connectivity index (χ3n) is 9.01. The number of nitrogen functional groups attached to an aromatic ring is 1. The average molecular weight is 897 g/mol. The second kappa shape index (κ2) is 20.4. The van der Waals surface area contributed by atoms with Crippen LogP contribution in [-0.2, 0) is 29.2 Å². The summed E-state index contributed by atoms with van der Waals surface area (Å²) in [6, 6.07) is 17.6. The standard InChI is InChI=1S/C20H22N2O6S.C12H19NO4S.C10H7NO4/c1-4-28-17-10-12(8-9-16(17)27-2)15(11-29(3,25)26)22-19(23)13-6-5-7-14(21)18(13)20(22)24;1-4-17-12-7-9(5-6-11(12)16-2)10(13)8-18(3,14)15;1-5(12)11-7-4-2-3-6-8(7)10(14)15-9(6)13/h5-10,15H,4,11,21H2,1-3H3;5-7,10H,4,8,13H2,1-3H3;2-4H,1H3,(H,11,12)/t15-;;/m1../s1. The predicted octanol–water partition coefficient (Wildman–Crippen LogP) is 4.15. The molecule has 18 nitrogen and oxygen atoms in total. The first-order valence-electron chi connectivity index (χ1n) is 18.8. The van der Waals surface area contributed by atoms with Crippen LogP contribution in [0.4, 0.5) is 11.4 Å². The summed E-state index contributed by atoms with van der Waals surface area (Å²) in [6.07, 6.45) is 2.22. The van der Waals surface area contributed by atoms with Crippen LogP contribution in [0.25, 0.3) is 0 Å². The predicted molar refractivity (Wildman–Crippen MR) is 229 cm³/mol. The Morgan fingerprint density at radius 3 is 1.76 bits per heavy atom. The number of nitrogens with zero attached hydrogens (tertiary/aromatic N) is 1. The first-order valence-corrected chi connectivity index (χ1v) is 22.9. The summed E-state index contributed by atoms with van der Waals surface area (Å²) in [6.45, 7) is 5.85. The van der Waals surface area contributed by atoms with Crippen molar-refractivity contribution < 1.29 is 64.5 Å². The molecule has 1 unspecified atom stereocenters. The molecule has 0 bridgehead atoms. The molecule has 0 radical (unpaired) electrons. The molecule has 4 aromatic rings. The highest BCUT2D eigenvalue weighted by molar-refractivity contribution is 7.90. The number of hydrogen-bond donors (Lipinski definition) is 3. The molecule has 2 heterocycles. The van der Waals surface area contributed by atoms with E-state index >= 15 is 0 Å². The van der Waals surface area contributed by atoms with Gasteiger partial charge in [0.05, 0.1) is 72.9 Å². The molecule has 0 spiro atoms. The number of rotatable bonds is 14. The molecule has 2 atom stereocenters. The fourth-order valence-electron chi connectivity index (χ4n) is 6.43. The number of hydrogen-bond acceptors (Lipinski definition) is 16. The topological polar surface area (TPSA) is 267 Å². The van der Waals surface area contributed by atoms with Crippen molar-refractivity contribution in [3.63, 3.8) is 0 Å². The molecular formula is C42H48N4O14S2. The Morgan fingerprint density at radius 1 is 0.710 bits per heavy atom. The van der Waals surface area contributed by atoms with E-state index in [2.05, 4.69) is 10.1 Å². The van der Waals surface area contributed by atoms with E-state index in [1.54, 1.807) is 68.6 Å². The zero-order valence-corrected chi connectivity index (χ0v) is 36.7. The Labute approximate surface area is 359 Å². The van der Waals surface area contributed by atoms with E-state index in [1.807, 2.05) is 6.92 Å². The van der Waals surface area contributed by atoms with E-state index in [0.717, 1.165) is 11.2 Å². The van der Waals surface area contributed by atoms with Crippen LogP contribution < -0.4 is 35.7 Å². The Kier molecular flexibility index (Phi) is 15.8. The summed E-state index contributed by atoms with van der Waals surface area (Å²) in [5.74, 6) is -1.42. The van der Waals surface area contributed by atoms with Gasteiger partial charge in [-0.05, 0) is 73.5 Å². The third kappa shape index (κ3) is 11.9. The number of cyclic esters (lactones) is 2. The molecule has 0 saturated heterocycles. The van der Waals surface area contributed by atoms with E-state index in [0.29, 0.717) is 53.0 Å². The molecule has 3 amide bonds. The molecule has 0 aromatic heterocycles. The number of nitrogens with one attached hydrogen (secondary N) is 1. The monoisotopic (exact) mass is 896 g/mol. The molecule has 0 aliphatic carbocycles. The molecule has 20 heteroatoms. The van der Waals surface area contributed by atoms with E-state index < -0.39 is 61.3 Å². The average Bonchev–Trinajstić information content (AvgIpc) is 3.63. The Morgan fingerprint density at radius 2 is 1.24 bits per heavy atom. The Hall–Kier alpha value is -6.51. The van der Waals surface area contributed by atoms with Crippen LogP contribution in [0.3, 0.4) is 0 Å². The van der Waals surface area contributed by atoms with Crippen LogP contribution in [0, 0.1) is 0 Å². The van der Waals surface area contributed by atoms with Gasteiger partial charge in [0, 0.05) is 31.2 Å². The number of fused-ring (bicyclic) bond motifs is 2. The van der Waals surface area contributed by atoms with Gasteiger partial charge in [0.1, 0.15) is 19.7 Å². The van der Waals surface area contributed by atoms with Crippen LogP contribution in [-0.4, -0.2) is 103 Å². The van der Waals surface area contributed by atoms with E-state index in [1.165, 1.54) is 38.5 Å². The van der Waals surface area contributed by atoms with Crippen LogP contribution in [0.2, 0.25) is 0 Å². The van der Waals surface area contributed by atoms with Gasteiger partial charge < -0.3 is 40.5 Å². The van der Waals surface area contributed by atoms with Gasteiger partial charge in [-0.2, -0.15) is 0 Å². The lowest BCUT2D eigenvalue weighted by atomic mass is 10.1. The molecule has 5 N–H and O–H groups in total. The van der Waals surface area contributed by atoms with Crippen molar-refractivity contribution in [3.8, 4) is 23.0 Å². The van der Waals surface area contributed by atoms with E-state index in [9.17, 15) is 40.8 Å². The van der Waals surface area contributed by atoms with Crippen molar-refractivity contribution in [2.75, 3.05) is 62.5 Å². The summed E-state index contributed by atoms with van der Waals surface area (Å²) < 4.78 is 72.5. The van der Waals surface area contributed by atoms with Crippen molar-refractivity contribution in [1.82, 2.24) is 4.90 Å². The number of anilines is 2. The number of carbonyl (C=O) groups excluding carboxylic acids is 5. The normalized spacial score (nSPS) is 13.9. The second-order valence-electron chi connectivity index (χ2n) is 13.8. The van der Waals surface area contributed by atoms with Gasteiger partial charge in [0.2, 0.25) is 5.91 Å². The number of esters is 2. The fraction of sp³-hybridized carbons (Fsp3) is 0.310. The quantitative estimate of drug-likeness (QED) is 0.0694. The number of sulfone groups is 2. The highest BCUT2D eigenvalue weighted by atomic mass is 32.2. The fourth-order valence-corrected chi connectivity index (χ4v) is 8.19. The Bertz CT molecular complexity index is 2600. The maximum atomic E-state index is 13.0. The smallest absolute Gasteiger partial charge is 0.349 e. The molecule has 2 aliphatic heterocycles. The lowest BCUT2D eigenvalue weighted by Crippen LogP contribution is -2.37. The maximum absolute atomic E-state index is 13.0. The number of imide groups is 1. The first kappa shape index (κ1) is 48.2. The molecule has 332 valence electrons. The molecule has 62 heavy (non-hydrogen) atoms. The minimum Gasteiger partial charge on any atom is -0.493 e. The van der Waals surface area contributed by atoms with Gasteiger partial charge in [-0.15, -0.1) is 0 Å². The summed E-state index contributed by atoms with van der Waals surface area (Å²) in [5.41, 5.74) is 13.9. The second-order valence-corrected chi connectivity index (χ2v) is 18.2. The zero-order chi connectivity index (χ0) is 46.1. The number of methoxy groups -OCH3 is 2. The van der Waals surface area contributed by atoms with Gasteiger partial charge in [-0.3, -0.25) is 19.3 Å². The summed E-state index contributed by atoms with van der Waals surface area (Å²) in [5, 5.41) is 2.46. The minimum atomic E-state index is -3.54. The zero-order valence-electron chi connectivity index (χ0n) is 35.0. The lowest BCUT2D eigenvalue weighted by Gasteiger charge is -2.26. The summed E-state index contributed by atoms with van der Waals surface area (Å²) in [7, 11) is -3.62. The van der Waals surface area contributed by atoms with Crippen molar-refractivity contribution in [2.24, 2.45) is 5.73 Å². The highest BCUT2D eigenvalue weighted by Gasteiger charge is 2.43. The SMILES string of the molecule is CC(=O)Nc1cccc2c1C(=O)OC2=O.CCOc1cc(C(N)CS(C)(=O)=O)ccc1OC.CCOc1cc([C@@H](CS(C)(=O)=O)N2C(=O)c3cccc(N)c3C2=O)ccc1OC. The van der Waals surface area contributed by atoms with Gasteiger partial charge in [-0.25, -0.2) is 26.4 Å². The van der Waals surface area contributed by atoms with Crippen LogP contribution in [0.5, 0.6) is 23.0 Å². The van der Waals surface area contributed by atoms with Crippen LogP contribution in [0.1, 0.15) is 85.4 Å². The van der Waals surface area contributed by atoms with Crippen molar-refractivity contribution in [1.29, 1.82) is 0 Å². The van der Waals surface area contributed by atoms with Crippen molar-refractivity contribution in [3.05, 3.63) is 106 Å². The summed E-state index contributed by atoms with van der Waals surface area (Å²) >= 11 is 0. The number of benzene rings is 4. The largest absolute Gasteiger partial charge is 0.493 e. The number of ether oxygens (including phenoxy) is 5. The minimum absolute atomic E-state index is 0.0922. The maximum Gasteiger partial charge on any atom is 0.349 e. The van der Waals surface area contributed by atoms with Gasteiger partial charge >= 0.3 is 11.9 Å². The van der Waals surface area contributed by atoms with Gasteiger partial charge in [0.15, 0.2) is 23.0 Å². The Balaban J connectivity index is 0.000000220. The van der Waals surface area contributed by atoms with Crippen molar-refractivity contribution in [2.45, 2.75) is 32.9 Å².